The number of phosphoric acid groups is 1. The lowest BCUT2D eigenvalue weighted by Gasteiger charge is -2.30. The number of unbranched alkanes of at least 4 members (excludes halogenated alkanes) is 36. The first-order valence-electron chi connectivity index (χ1n) is 27.5. The van der Waals surface area contributed by atoms with Gasteiger partial charge in [-0.2, -0.15) is 0 Å². The van der Waals surface area contributed by atoms with Crippen molar-refractivity contribution in [2.45, 2.75) is 289 Å². The topological polar surface area (TPSA) is 108 Å². The minimum absolute atomic E-state index is 0.0125. The molecule has 0 saturated heterocycles. The molecule has 0 aromatic heterocycles. The fraction of sp³-hybridized carbons (Fsp3) is 0.944. The highest BCUT2D eigenvalue weighted by Crippen LogP contribution is 2.38. The van der Waals surface area contributed by atoms with Gasteiger partial charge >= 0.3 is 0 Å². The second kappa shape index (κ2) is 46.4. The van der Waals surface area contributed by atoms with Gasteiger partial charge in [0.15, 0.2) is 0 Å². The van der Waals surface area contributed by atoms with Crippen LogP contribution in [0.15, 0.2) is 12.2 Å². The maximum absolute atomic E-state index is 12.8. The van der Waals surface area contributed by atoms with Crippen molar-refractivity contribution in [1.82, 2.24) is 5.32 Å². The van der Waals surface area contributed by atoms with Crippen molar-refractivity contribution >= 4 is 13.7 Å². The summed E-state index contributed by atoms with van der Waals surface area (Å²) in [5.74, 6) is -0.173. The molecule has 0 rings (SSSR count). The molecule has 9 heteroatoms. The van der Waals surface area contributed by atoms with Crippen molar-refractivity contribution in [3.63, 3.8) is 0 Å². The van der Waals surface area contributed by atoms with Crippen LogP contribution < -0.4 is 10.2 Å². The Hall–Kier alpha value is -0.760. The van der Waals surface area contributed by atoms with E-state index in [0.717, 1.165) is 57.8 Å². The summed E-state index contributed by atoms with van der Waals surface area (Å²) in [4.78, 5) is 25.3. The van der Waals surface area contributed by atoms with E-state index in [2.05, 4.69) is 31.3 Å². The number of amides is 1. The summed E-state index contributed by atoms with van der Waals surface area (Å²) >= 11 is 0. The molecule has 8 nitrogen and oxygen atoms in total. The van der Waals surface area contributed by atoms with Crippen molar-refractivity contribution in [1.29, 1.82) is 0 Å². The predicted octanol–water partition coefficient (Wildman–Crippen LogP) is 15.6. The summed E-state index contributed by atoms with van der Waals surface area (Å²) in [5.41, 5.74) is 0. The van der Waals surface area contributed by atoms with E-state index in [1.165, 1.54) is 193 Å². The first kappa shape index (κ1) is 62.2. The quantitative estimate of drug-likeness (QED) is 0.0272. The number of carbonyl (C=O) groups excluding carboxylic acids is 1. The molecule has 0 bridgehead atoms. The molecule has 3 unspecified atom stereocenters. The zero-order valence-electron chi connectivity index (χ0n) is 42.8. The number of carbonyl (C=O) groups is 1. The molecule has 0 heterocycles. The molecule has 0 aliphatic rings. The highest BCUT2D eigenvalue weighted by Gasteiger charge is 2.24. The van der Waals surface area contributed by atoms with E-state index in [1.807, 2.05) is 21.1 Å². The van der Waals surface area contributed by atoms with Crippen molar-refractivity contribution in [2.24, 2.45) is 0 Å². The largest absolute Gasteiger partial charge is 0.756 e. The second-order valence-corrected chi connectivity index (χ2v) is 21.7. The van der Waals surface area contributed by atoms with E-state index in [0.29, 0.717) is 23.9 Å². The molecule has 3 atom stereocenters. The maximum atomic E-state index is 12.8. The summed E-state index contributed by atoms with van der Waals surface area (Å²) in [6.07, 6.45) is 55.6. The number of allylic oxidation sites excluding steroid dienone is 2. The van der Waals surface area contributed by atoms with Crippen molar-refractivity contribution in [3.05, 3.63) is 12.2 Å². The molecule has 2 N–H and O–H groups in total. The SMILES string of the molecule is CCC/C=C\CCCCCCCC(=O)NC(COP(=O)([O-])OCC[N+](C)(C)C)C(O)CCCCCCCCCCCCCCCCCCCCCCCCCCCCCCCCC. The Morgan fingerprint density at radius 3 is 1.30 bits per heavy atom. The summed E-state index contributed by atoms with van der Waals surface area (Å²) in [7, 11) is 1.31. The molecular weight excluding hydrogens is 804 g/mol. The van der Waals surface area contributed by atoms with Crippen LogP contribution in [-0.2, 0) is 18.4 Å². The van der Waals surface area contributed by atoms with Crippen LogP contribution in [0, 0.1) is 0 Å². The van der Waals surface area contributed by atoms with Gasteiger partial charge in [-0.05, 0) is 32.1 Å². The monoisotopic (exact) mass is 913 g/mol. The van der Waals surface area contributed by atoms with E-state index in [1.54, 1.807) is 0 Å². The number of hydrogen-bond acceptors (Lipinski definition) is 6. The number of likely N-dealkylation sites (N-methyl/N-ethyl adjacent to an activating group) is 1. The molecule has 0 spiro atoms. The maximum Gasteiger partial charge on any atom is 0.268 e. The van der Waals surface area contributed by atoms with Gasteiger partial charge < -0.3 is 28.8 Å². The fourth-order valence-corrected chi connectivity index (χ4v) is 9.12. The molecule has 1 amide bonds. The number of rotatable bonds is 51. The van der Waals surface area contributed by atoms with E-state index < -0.39 is 20.0 Å². The Bertz CT molecular complexity index is 1040. The Labute approximate surface area is 392 Å². The normalized spacial score (nSPS) is 14.1. The lowest BCUT2D eigenvalue weighted by atomic mass is 10.0. The van der Waals surface area contributed by atoms with Gasteiger partial charge in [0.1, 0.15) is 13.2 Å². The average molecular weight is 913 g/mol. The van der Waals surface area contributed by atoms with Gasteiger partial charge in [0.25, 0.3) is 7.82 Å². The van der Waals surface area contributed by atoms with Crippen LogP contribution in [0.4, 0.5) is 0 Å². The number of aliphatic hydroxyl groups excluding tert-OH is 1. The van der Waals surface area contributed by atoms with Crippen molar-refractivity contribution in [3.8, 4) is 0 Å². The van der Waals surface area contributed by atoms with Gasteiger partial charge in [-0.3, -0.25) is 9.36 Å². The van der Waals surface area contributed by atoms with Gasteiger partial charge in [-0.1, -0.05) is 251 Å². The molecule has 0 aromatic rings. The summed E-state index contributed by atoms with van der Waals surface area (Å²) < 4.78 is 23.3. The number of aliphatic hydroxyl groups is 1. The second-order valence-electron chi connectivity index (χ2n) is 20.3. The molecule has 0 aromatic carbocycles. The average Bonchev–Trinajstić information content (AvgIpc) is 3.24. The van der Waals surface area contributed by atoms with Crippen LogP contribution >= 0.6 is 7.82 Å². The third-order valence-corrected chi connectivity index (χ3v) is 13.7. The van der Waals surface area contributed by atoms with Gasteiger partial charge in [-0.15, -0.1) is 0 Å². The molecule has 63 heavy (non-hydrogen) atoms. The molecule has 0 fully saturated rings. The minimum Gasteiger partial charge on any atom is -0.756 e. The van der Waals surface area contributed by atoms with E-state index in [9.17, 15) is 19.4 Å². The van der Waals surface area contributed by atoms with E-state index in [-0.39, 0.29) is 19.1 Å². The van der Waals surface area contributed by atoms with Gasteiger partial charge in [0.2, 0.25) is 5.91 Å². The number of quaternary nitrogens is 1. The molecule has 0 radical (unpaired) electrons. The zero-order valence-corrected chi connectivity index (χ0v) is 43.7. The highest BCUT2D eigenvalue weighted by atomic mass is 31.2. The molecule has 0 saturated carbocycles. The van der Waals surface area contributed by atoms with Gasteiger partial charge in [-0.25, -0.2) is 0 Å². The summed E-state index contributed by atoms with van der Waals surface area (Å²) in [5, 5.41) is 13.9. The van der Waals surface area contributed by atoms with Crippen molar-refractivity contribution < 1.29 is 32.9 Å². The fourth-order valence-electron chi connectivity index (χ4n) is 8.40. The smallest absolute Gasteiger partial charge is 0.268 e. The lowest BCUT2D eigenvalue weighted by Crippen LogP contribution is -2.46. The lowest BCUT2D eigenvalue weighted by molar-refractivity contribution is -0.870. The number of hydrogen-bond donors (Lipinski definition) is 2. The molecule has 376 valence electrons. The van der Waals surface area contributed by atoms with Gasteiger partial charge in [0.05, 0.1) is 39.9 Å². The highest BCUT2D eigenvalue weighted by molar-refractivity contribution is 7.45. The predicted molar refractivity (Wildman–Crippen MR) is 270 cm³/mol. The van der Waals surface area contributed by atoms with E-state index >= 15 is 0 Å². The third kappa shape index (κ3) is 49.0. The van der Waals surface area contributed by atoms with Crippen LogP contribution in [0.2, 0.25) is 0 Å². The Morgan fingerprint density at radius 1 is 0.540 bits per heavy atom. The minimum atomic E-state index is -4.56. The van der Waals surface area contributed by atoms with Crippen LogP contribution in [0.3, 0.4) is 0 Å². The standard InChI is InChI=1S/C54H109N2O6P/c1-6-8-10-12-14-16-18-19-20-21-22-23-24-25-26-27-28-29-30-31-32-33-34-35-36-37-38-39-41-43-45-47-53(57)52(51-62-63(59,60)61-50-49-56(3,4)5)55-54(58)48-46-44-42-40-17-15-13-11-9-7-2/h11,13,52-53,57H,6-10,12,14-51H2,1-5H3,(H-,55,58,59,60)/b13-11-. The van der Waals surface area contributed by atoms with Crippen LogP contribution in [0.5, 0.6) is 0 Å². The Balaban J connectivity index is 3.94. The van der Waals surface area contributed by atoms with Crippen LogP contribution in [0.25, 0.3) is 0 Å². The number of phosphoric ester groups is 1. The van der Waals surface area contributed by atoms with Crippen LogP contribution in [0.1, 0.15) is 277 Å². The number of nitrogens with zero attached hydrogens (tertiary/aromatic N) is 1. The first-order chi connectivity index (χ1) is 30.5. The molecule has 0 aliphatic heterocycles. The number of nitrogens with one attached hydrogen (secondary N) is 1. The molecular formula is C54H109N2O6P. The van der Waals surface area contributed by atoms with Crippen LogP contribution in [-0.4, -0.2) is 68.5 Å². The Kier molecular flexibility index (Phi) is 45.8. The third-order valence-electron chi connectivity index (χ3n) is 12.7. The van der Waals surface area contributed by atoms with Gasteiger partial charge in [0, 0.05) is 6.42 Å². The zero-order chi connectivity index (χ0) is 46.4. The summed E-state index contributed by atoms with van der Waals surface area (Å²) in [6.45, 7) is 4.68. The Morgan fingerprint density at radius 2 is 0.905 bits per heavy atom. The van der Waals surface area contributed by atoms with E-state index in [4.69, 9.17) is 9.05 Å². The first-order valence-corrected chi connectivity index (χ1v) is 29.0. The molecule has 0 aliphatic carbocycles. The summed E-state index contributed by atoms with van der Waals surface area (Å²) in [6, 6.07) is -0.801. The van der Waals surface area contributed by atoms with Crippen molar-refractivity contribution in [2.75, 3.05) is 40.9 Å².